The average Bonchev–Trinajstić information content (AvgIpc) is 3.47. The Balaban J connectivity index is 1.37. The molecule has 1 heterocycles. The molecule has 0 radical (unpaired) electrons. The second kappa shape index (κ2) is 13.4. The molecule has 0 atom stereocenters. The number of aromatic nitrogens is 1. The fourth-order valence-corrected chi connectivity index (χ4v) is 8.83. The third-order valence-electron chi connectivity index (χ3n) is 9.06. The molecule has 0 spiro atoms. The Hall–Kier alpha value is -5.22. The highest BCUT2D eigenvalue weighted by molar-refractivity contribution is 8.03. The number of benzene rings is 7. The maximum absolute atomic E-state index is 4.23. The van der Waals surface area contributed by atoms with Crippen LogP contribution in [-0.4, -0.2) is 4.57 Å². The molecule has 0 bridgehead atoms. The maximum Gasteiger partial charge on any atom is 0.0547 e. The summed E-state index contributed by atoms with van der Waals surface area (Å²) < 4.78 is 2.40. The summed E-state index contributed by atoms with van der Waals surface area (Å²) in [5, 5.41) is 2.51. The summed E-state index contributed by atoms with van der Waals surface area (Å²) in [5.74, 6) is 0. The molecule has 0 amide bonds. The summed E-state index contributed by atoms with van der Waals surface area (Å²) in [5.41, 5.74) is 12.2. The molecular formula is C46H35NS2. The molecule has 8 rings (SSSR count). The van der Waals surface area contributed by atoms with Crippen molar-refractivity contribution in [3.05, 3.63) is 181 Å². The number of rotatable bonds is 8. The molecule has 236 valence electrons. The molecular weight excluding hydrogens is 631 g/mol. The highest BCUT2D eigenvalue weighted by Crippen LogP contribution is 2.48. The van der Waals surface area contributed by atoms with Gasteiger partial charge in [-0.1, -0.05) is 157 Å². The van der Waals surface area contributed by atoms with Gasteiger partial charge >= 0.3 is 0 Å². The van der Waals surface area contributed by atoms with Crippen molar-refractivity contribution in [2.75, 3.05) is 0 Å². The number of thioether (sulfide) groups is 1. The van der Waals surface area contributed by atoms with Gasteiger partial charge in [0.1, 0.15) is 0 Å². The van der Waals surface area contributed by atoms with Crippen molar-refractivity contribution in [2.45, 2.75) is 28.5 Å². The molecule has 8 aromatic rings. The quantitative estimate of drug-likeness (QED) is 0.149. The van der Waals surface area contributed by atoms with Crippen LogP contribution in [0.4, 0.5) is 0 Å². The molecule has 0 aliphatic carbocycles. The maximum atomic E-state index is 4.23. The predicted octanol–water partition coefficient (Wildman–Crippen LogP) is 13.9. The second-order valence-electron chi connectivity index (χ2n) is 12.3. The van der Waals surface area contributed by atoms with Crippen LogP contribution in [0, 0.1) is 6.92 Å². The number of allylic oxidation sites excluding steroid dienone is 1. The van der Waals surface area contributed by atoms with E-state index >= 15 is 0 Å². The molecule has 1 nitrogen and oxygen atoms in total. The van der Waals surface area contributed by atoms with Gasteiger partial charge in [-0.15, -0.1) is 0 Å². The van der Waals surface area contributed by atoms with E-state index in [4.69, 9.17) is 0 Å². The fourth-order valence-electron chi connectivity index (χ4n) is 6.81. The molecule has 0 saturated carbocycles. The zero-order chi connectivity index (χ0) is 33.3. The fraction of sp³-hybridized carbons (Fsp3) is 0.0435. The van der Waals surface area contributed by atoms with Crippen molar-refractivity contribution in [3.63, 3.8) is 0 Å². The molecule has 3 heteroatoms. The SMILES string of the molecule is C=C(C)Sc1ccccc1-c1cccc(-c2ccc3c4ccccc4n(-c4ccccc4)c3c2)c1Sc1cccc(-c2ccccc2)c1C. The minimum atomic E-state index is 1.07. The summed E-state index contributed by atoms with van der Waals surface area (Å²) in [6, 6.07) is 59.3. The standard InChI is InChI=1S/C46H35NS2/c1-31(2)48-45-26-13-11-21-40(45)41-24-14-23-37(46(41)49-44-27-15-22-36(32(44)3)33-16-6-4-7-17-33)34-28-29-39-38-20-10-12-25-42(38)47(43(39)30-34)35-18-8-5-9-19-35/h4-30H,1H2,2-3H3. The first kappa shape index (κ1) is 31.1. The number of fused-ring (bicyclic) bond motifs is 3. The van der Waals surface area contributed by atoms with Gasteiger partial charge in [-0.05, 0) is 94.1 Å². The Labute approximate surface area is 297 Å². The van der Waals surface area contributed by atoms with Gasteiger partial charge in [-0.25, -0.2) is 0 Å². The van der Waals surface area contributed by atoms with Crippen molar-refractivity contribution in [3.8, 4) is 39.1 Å². The van der Waals surface area contributed by atoms with Gasteiger partial charge in [-0.3, -0.25) is 0 Å². The van der Waals surface area contributed by atoms with Crippen LogP contribution >= 0.6 is 23.5 Å². The molecule has 1 aromatic heterocycles. The molecule has 0 saturated heterocycles. The van der Waals surface area contributed by atoms with Crippen LogP contribution in [0.5, 0.6) is 0 Å². The monoisotopic (exact) mass is 665 g/mol. The van der Waals surface area contributed by atoms with Crippen molar-refractivity contribution in [1.82, 2.24) is 4.57 Å². The highest BCUT2D eigenvalue weighted by Gasteiger charge is 2.20. The normalized spacial score (nSPS) is 11.3. The molecule has 49 heavy (non-hydrogen) atoms. The van der Waals surface area contributed by atoms with Gasteiger partial charge in [0.05, 0.1) is 11.0 Å². The Morgan fingerprint density at radius 3 is 1.94 bits per heavy atom. The molecule has 0 aliphatic heterocycles. The number of hydrogen-bond acceptors (Lipinski definition) is 2. The molecule has 7 aromatic carbocycles. The summed E-state index contributed by atoms with van der Waals surface area (Å²) >= 11 is 3.60. The van der Waals surface area contributed by atoms with Crippen LogP contribution in [0.1, 0.15) is 12.5 Å². The Bertz CT molecular complexity index is 2470. The first-order valence-corrected chi connectivity index (χ1v) is 18.2. The molecule has 0 aliphatic rings. The van der Waals surface area contributed by atoms with E-state index in [1.54, 1.807) is 11.8 Å². The van der Waals surface area contributed by atoms with Crippen LogP contribution in [0.25, 0.3) is 60.9 Å². The average molecular weight is 666 g/mol. The van der Waals surface area contributed by atoms with Crippen molar-refractivity contribution in [2.24, 2.45) is 0 Å². The van der Waals surface area contributed by atoms with E-state index in [2.05, 4.69) is 189 Å². The van der Waals surface area contributed by atoms with Crippen LogP contribution < -0.4 is 0 Å². The van der Waals surface area contributed by atoms with Crippen molar-refractivity contribution >= 4 is 45.3 Å². The lowest BCUT2D eigenvalue weighted by Crippen LogP contribution is -1.94. The van der Waals surface area contributed by atoms with E-state index in [0.29, 0.717) is 0 Å². The van der Waals surface area contributed by atoms with Crippen LogP contribution in [-0.2, 0) is 0 Å². The minimum Gasteiger partial charge on any atom is -0.309 e. The number of nitrogens with zero attached hydrogens (tertiary/aromatic N) is 1. The summed E-state index contributed by atoms with van der Waals surface area (Å²) in [6.07, 6.45) is 0. The minimum absolute atomic E-state index is 1.07. The Morgan fingerprint density at radius 1 is 0.510 bits per heavy atom. The van der Waals surface area contributed by atoms with Gasteiger partial charge in [0.15, 0.2) is 0 Å². The summed E-state index contributed by atoms with van der Waals surface area (Å²) in [6.45, 7) is 8.55. The smallest absolute Gasteiger partial charge is 0.0547 e. The van der Waals surface area contributed by atoms with Crippen LogP contribution in [0.2, 0.25) is 0 Å². The zero-order valence-electron chi connectivity index (χ0n) is 27.6. The molecule has 0 N–H and O–H groups in total. The summed E-state index contributed by atoms with van der Waals surface area (Å²) in [7, 11) is 0. The molecule has 0 fully saturated rings. The van der Waals surface area contributed by atoms with Crippen molar-refractivity contribution < 1.29 is 0 Å². The number of hydrogen-bond donors (Lipinski definition) is 0. The van der Waals surface area contributed by atoms with E-state index < -0.39 is 0 Å². The van der Waals surface area contributed by atoms with Crippen LogP contribution in [0.3, 0.4) is 0 Å². The Morgan fingerprint density at radius 2 is 1.12 bits per heavy atom. The van der Waals surface area contributed by atoms with E-state index in [0.717, 1.165) is 10.6 Å². The topological polar surface area (TPSA) is 4.93 Å². The third-order valence-corrected chi connectivity index (χ3v) is 11.3. The van der Waals surface area contributed by atoms with E-state index in [1.165, 1.54) is 75.4 Å². The third kappa shape index (κ3) is 5.90. The van der Waals surface area contributed by atoms with Gasteiger partial charge in [0, 0.05) is 31.1 Å². The first-order valence-electron chi connectivity index (χ1n) is 16.5. The van der Waals surface area contributed by atoms with E-state index in [-0.39, 0.29) is 0 Å². The van der Waals surface area contributed by atoms with Gasteiger partial charge < -0.3 is 4.57 Å². The lowest BCUT2D eigenvalue weighted by atomic mass is 9.98. The van der Waals surface area contributed by atoms with Crippen molar-refractivity contribution in [1.29, 1.82) is 0 Å². The second-order valence-corrected chi connectivity index (χ2v) is 14.7. The van der Waals surface area contributed by atoms with Gasteiger partial charge in [0.25, 0.3) is 0 Å². The Kier molecular flexibility index (Phi) is 8.47. The largest absolute Gasteiger partial charge is 0.309 e. The van der Waals surface area contributed by atoms with E-state index in [1.807, 2.05) is 11.8 Å². The lowest BCUT2D eigenvalue weighted by Gasteiger charge is -2.19. The first-order chi connectivity index (χ1) is 24.1. The van der Waals surface area contributed by atoms with Gasteiger partial charge in [-0.2, -0.15) is 0 Å². The van der Waals surface area contributed by atoms with E-state index in [9.17, 15) is 0 Å². The number of para-hydroxylation sites is 2. The summed E-state index contributed by atoms with van der Waals surface area (Å²) in [4.78, 5) is 4.78. The van der Waals surface area contributed by atoms with Crippen LogP contribution in [0.15, 0.2) is 190 Å². The van der Waals surface area contributed by atoms with Gasteiger partial charge in [0.2, 0.25) is 0 Å². The zero-order valence-corrected chi connectivity index (χ0v) is 29.2. The predicted molar refractivity (Wildman–Crippen MR) is 213 cm³/mol. The highest BCUT2D eigenvalue weighted by atomic mass is 32.2. The lowest BCUT2D eigenvalue weighted by molar-refractivity contribution is 1.18. The molecule has 0 unspecified atom stereocenters.